The van der Waals surface area contributed by atoms with Crippen molar-refractivity contribution in [3.63, 3.8) is 0 Å². The fourth-order valence-electron chi connectivity index (χ4n) is 2.09. The monoisotopic (exact) mass is 310 g/mol. The largest absolute Gasteiger partial charge is 0.416 e. The lowest BCUT2D eigenvalue weighted by molar-refractivity contribution is -0.137. The number of halogens is 3. The molecule has 2 rings (SSSR count). The summed E-state index contributed by atoms with van der Waals surface area (Å²) in [4.78, 5) is 12.3. The summed E-state index contributed by atoms with van der Waals surface area (Å²) in [7, 11) is 0. The van der Waals surface area contributed by atoms with Gasteiger partial charge in [0.25, 0.3) is 0 Å². The SMILES string of the molecule is CSc1cccc(C(C=O)c2cccc(C(F)(F)F)c2)c1. The molecule has 0 spiro atoms. The van der Waals surface area contributed by atoms with Crippen molar-refractivity contribution < 1.29 is 18.0 Å². The Bertz CT molecular complexity index is 637. The maximum atomic E-state index is 12.8. The van der Waals surface area contributed by atoms with Gasteiger partial charge in [-0.15, -0.1) is 11.8 Å². The normalized spacial score (nSPS) is 13.0. The molecule has 1 nitrogen and oxygen atoms in total. The molecule has 1 unspecified atom stereocenters. The van der Waals surface area contributed by atoms with E-state index in [-0.39, 0.29) is 0 Å². The van der Waals surface area contributed by atoms with Gasteiger partial charge in [0, 0.05) is 4.90 Å². The summed E-state index contributed by atoms with van der Waals surface area (Å²) in [6.07, 6.45) is -1.83. The lowest BCUT2D eigenvalue weighted by Crippen LogP contribution is -2.08. The fraction of sp³-hybridized carbons (Fsp3) is 0.188. The van der Waals surface area contributed by atoms with Crippen molar-refractivity contribution in [1.29, 1.82) is 0 Å². The number of alkyl halides is 3. The second-order valence-electron chi connectivity index (χ2n) is 4.51. The molecule has 2 aromatic carbocycles. The first-order chi connectivity index (χ1) is 9.95. The zero-order valence-corrected chi connectivity index (χ0v) is 12.0. The summed E-state index contributed by atoms with van der Waals surface area (Å²) in [5.74, 6) is -0.695. The van der Waals surface area contributed by atoms with Gasteiger partial charge in [-0.2, -0.15) is 13.2 Å². The highest BCUT2D eigenvalue weighted by Crippen LogP contribution is 2.33. The Morgan fingerprint density at radius 3 is 2.24 bits per heavy atom. The third kappa shape index (κ3) is 3.67. The molecule has 0 aliphatic carbocycles. The zero-order valence-electron chi connectivity index (χ0n) is 11.2. The van der Waals surface area contributed by atoms with Gasteiger partial charge < -0.3 is 4.79 Å². The molecule has 0 aliphatic heterocycles. The van der Waals surface area contributed by atoms with Gasteiger partial charge in [0.2, 0.25) is 0 Å². The number of benzene rings is 2. The van der Waals surface area contributed by atoms with Crippen LogP contribution in [0.1, 0.15) is 22.6 Å². The number of hydrogen-bond acceptors (Lipinski definition) is 2. The summed E-state index contributed by atoms with van der Waals surface area (Å²) in [6.45, 7) is 0. The average Bonchev–Trinajstić information content (AvgIpc) is 2.48. The fourth-order valence-corrected chi connectivity index (χ4v) is 2.56. The Kier molecular flexibility index (Phi) is 4.73. The Labute approximate surface area is 125 Å². The summed E-state index contributed by atoms with van der Waals surface area (Å²) >= 11 is 1.52. The van der Waals surface area contributed by atoms with Crippen LogP contribution in [0.3, 0.4) is 0 Å². The van der Waals surface area contributed by atoms with Crippen LogP contribution >= 0.6 is 11.8 Å². The van der Waals surface area contributed by atoms with Crippen LogP contribution in [0.15, 0.2) is 53.4 Å². The van der Waals surface area contributed by atoms with Crippen LogP contribution in [-0.4, -0.2) is 12.5 Å². The standard InChI is InChI=1S/C16H13F3OS/c1-21-14-7-3-5-12(9-14)15(10-20)11-4-2-6-13(8-11)16(17,18)19/h2-10,15H,1H3. The highest BCUT2D eigenvalue weighted by Gasteiger charge is 2.31. The molecule has 0 saturated heterocycles. The topological polar surface area (TPSA) is 17.1 Å². The van der Waals surface area contributed by atoms with Crippen molar-refractivity contribution in [1.82, 2.24) is 0 Å². The van der Waals surface area contributed by atoms with Crippen molar-refractivity contribution in [2.45, 2.75) is 17.0 Å². The summed E-state index contributed by atoms with van der Waals surface area (Å²) in [6, 6.07) is 12.2. The second-order valence-corrected chi connectivity index (χ2v) is 5.39. The van der Waals surface area contributed by atoms with E-state index in [0.29, 0.717) is 17.4 Å². The molecule has 21 heavy (non-hydrogen) atoms. The number of carbonyl (C=O) groups is 1. The van der Waals surface area contributed by atoms with Crippen molar-refractivity contribution in [2.24, 2.45) is 0 Å². The predicted octanol–water partition coefficient (Wildman–Crippen LogP) is 4.76. The van der Waals surface area contributed by atoms with Gasteiger partial charge in [0.15, 0.2) is 0 Å². The minimum Gasteiger partial charge on any atom is -0.302 e. The van der Waals surface area contributed by atoms with Crippen LogP contribution in [0, 0.1) is 0 Å². The molecule has 1 atom stereocenters. The van der Waals surface area contributed by atoms with Crippen molar-refractivity contribution >= 4 is 18.0 Å². The quantitative estimate of drug-likeness (QED) is 0.598. The first-order valence-electron chi connectivity index (χ1n) is 6.22. The van der Waals surface area contributed by atoms with Gasteiger partial charge in [-0.1, -0.05) is 30.3 Å². The molecule has 0 aromatic heterocycles. The summed E-state index contributed by atoms with van der Waals surface area (Å²) < 4.78 is 38.3. The number of rotatable bonds is 4. The maximum absolute atomic E-state index is 12.8. The molecule has 0 N–H and O–H groups in total. The van der Waals surface area contributed by atoms with Crippen molar-refractivity contribution in [3.05, 3.63) is 65.2 Å². The highest BCUT2D eigenvalue weighted by atomic mass is 32.2. The van der Waals surface area contributed by atoms with E-state index in [1.165, 1.54) is 17.8 Å². The molecule has 0 heterocycles. The molecule has 5 heteroatoms. The Hall–Kier alpha value is -1.75. The van der Waals surface area contributed by atoms with Gasteiger partial charge in [-0.25, -0.2) is 0 Å². The van der Waals surface area contributed by atoms with Gasteiger partial charge >= 0.3 is 6.18 Å². The van der Waals surface area contributed by atoms with E-state index in [1.54, 1.807) is 18.2 Å². The minimum atomic E-state index is -4.41. The van der Waals surface area contributed by atoms with Crippen LogP contribution in [0.2, 0.25) is 0 Å². The Morgan fingerprint density at radius 2 is 1.67 bits per heavy atom. The van der Waals surface area contributed by atoms with Crippen LogP contribution in [0.5, 0.6) is 0 Å². The number of hydrogen-bond donors (Lipinski definition) is 0. The first-order valence-corrected chi connectivity index (χ1v) is 7.44. The van der Waals surface area contributed by atoms with Crippen LogP contribution < -0.4 is 0 Å². The molecule has 0 saturated carbocycles. The van der Waals surface area contributed by atoms with Gasteiger partial charge in [-0.3, -0.25) is 0 Å². The van der Waals surface area contributed by atoms with E-state index in [4.69, 9.17) is 0 Å². The average molecular weight is 310 g/mol. The van der Waals surface area contributed by atoms with E-state index in [9.17, 15) is 18.0 Å². The molecule has 0 radical (unpaired) electrons. The zero-order chi connectivity index (χ0) is 15.5. The van der Waals surface area contributed by atoms with Crippen LogP contribution in [0.4, 0.5) is 13.2 Å². The highest BCUT2D eigenvalue weighted by molar-refractivity contribution is 7.98. The van der Waals surface area contributed by atoms with E-state index < -0.39 is 17.7 Å². The van der Waals surface area contributed by atoms with E-state index in [2.05, 4.69) is 0 Å². The molecular weight excluding hydrogens is 297 g/mol. The molecule has 0 bridgehead atoms. The van der Waals surface area contributed by atoms with E-state index in [0.717, 1.165) is 17.0 Å². The number of aldehydes is 1. The lowest BCUT2D eigenvalue weighted by Gasteiger charge is -2.14. The molecular formula is C16H13F3OS. The number of carbonyl (C=O) groups excluding carboxylic acids is 1. The molecule has 110 valence electrons. The van der Waals surface area contributed by atoms with Crippen LogP contribution in [0.25, 0.3) is 0 Å². The van der Waals surface area contributed by atoms with Gasteiger partial charge in [-0.05, 0) is 35.6 Å². The summed E-state index contributed by atoms with van der Waals surface area (Å²) in [5.41, 5.74) is 0.294. The molecule has 0 aliphatic rings. The third-order valence-corrected chi connectivity index (χ3v) is 3.89. The predicted molar refractivity (Wildman–Crippen MR) is 77.6 cm³/mol. The number of thioether (sulfide) groups is 1. The van der Waals surface area contributed by atoms with E-state index >= 15 is 0 Å². The molecule has 0 amide bonds. The van der Waals surface area contributed by atoms with Gasteiger partial charge in [0.1, 0.15) is 6.29 Å². The maximum Gasteiger partial charge on any atom is 0.416 e. The minimum absolute atomic E-state index is 0.345. The smallest absolute Gasteiger partial charge is 0.302 e. The lowest BCUT2D eigenvalue weighted by atomic mass is 9.91. The second kappa shape index (κ2) is 6.35. The van der Waals surface area contributed by atoms with Crippen molar-refractivity contribution in [3.8, 4) is 0 Å². The van der Waals surface area contributed by atoms with Crippen LogP contribution in [-0.2, 0) is 11.0 Å². The first kappa shape index (κ1) is 15.6. The van der Waals surface area contributed by atoms with E-state index in [1.807, 2.05) is 18.4 Å². The third-order valence-electron chi connectivity index (χ3n) is 3.16. The van der Waals surface area contributed by atoms with Crippen molar-refractivity contribution in [2.75, 3.05) is 6.26 Å². The Morgan fingerprint density at radius 1 is 1.05 bits per heavy atom. The molecule has 2 aromatic rings. The summed E-state index contributed by atoms with van der Waals surface area (Å²) in [5, 5.41) is 0. The molecule has 0 fully saturated rings. The Balaban J connectivity index is 2.44. The van der Waals surface area contributed by atoms with Gasteiger partial charge in [0.05, 0.1) is 11.5 Å².